The minimum Gasteiger partial charge on any atom is -0.462 e. The van der Waals surface area contributed by atoms with E-state index in [2.05, 4.69) is 13.8 Å². The molecule has 6 unspecified atom stereocenters. The summed E-state index contributed by atoms with van der Waals surface area (Å²) in [4.78, 5) is 35.7. The van der Waals surface area contributed by atoms with Gasteiger partial charge < -0.3 is 39.9 Å². The Morgan fingerprint density at radius 1 is 0.450 bits per heavy atom. The third-order valence-corrected chi connectivity index (χ3v) is 12.7. The Labute approximate surface area is 363 Å². The molecule has 0 amide bonds. The highest BCUT2D eigenvalue weighted by molar-refractivity contribution is 7.47. The summed E-state index contributed by atoms with van der Waals surface area (Å²) >= 11 is 0. The maximum atomic E-state index is 12.8. The van der Waals surface area contributed by atoms with E-state index in [9.17, 15) is 44.6 Å². The fourth-order valence-electron chi connectivity index (χ4n) is 7.76. The largest absolute Gasteiger partial charge is 0.472 e. The Morgan fingerprint density at radius 3 is 1.10 bits per heavy atom. The van der Waals surface area contributed by atoms with Gasteiger partial charge in [0.1, 0.15) is 43.2 Å². The first-order chi connectivity index (χ1) is 28.9. The van der Waals surface area contributed by atoms with Crippen LogP contribution >= 0.6 is 7.82 Å². The third-order valence-electron chi connectivity index (χ3n) is 11.7. The monoisotopic (exact) mass is 881 g/mol. The molecule has 1 aliphatic carbocycles. The van der Waals surface area contributed by atoms with Gasteiger partial charge in [0.2, 0.25) is 0 Å². The first-order valence-corrected chi connectivity index (χ1v) is 25.8. The number of phosphoric acid groups is 1. The fourth-order valence-corrected chi connectivity index (χ4v) is 8.73. The zero-order valence-corrected chi connectivity index (χ0v) is 38.7. The number of phosphoric ester groups is 1. The van der Waals surface area contributed by atoms with E-state index in [1.165, 1.54) is 148 Å². The molecule has 0 saturated heterocycles. The highest BCUT2D eigenvalue weighted by atomic mass is 31.2. The lowest BCUT2D eigenvalue weighted by Gasteiger charge is -2.41. The molecule has 6 N–H and O–H groups in total. The van der Waals surface area contributed by atoms with Crippen molar-refractivity contribution < 1.29 is 63.1 Å². The van der Waals surface area contributed by atoms with Crippen molar-refractivity contribution in [2.75, 3.05) is 13.2 Å². The molecular weight excluding hydrogens is 791 g/mol. The second kappa shape index (κ2) is 37.2. The summed E-state index contributed by atoms with van der Waals surface area (Å²) in [5.41, 5.74) is 0. The Hall–Kier alpha value is -1.15. The normalized spacial score (nSPS) is 22.1. The van der Waals surface area contributed by atoms with Gasteiger partial charge in [-0.15, -0.1) is 0 Å². The number of carbonyl (C=O) groups is 2. The van der Waals surface area contributed by atoms with E-state index in [1.807, 2.05) is 0 Å². The smallest absolute Gasteiger partial charge is 0.462 e. The van der Waals surface area contributed by atoms with E-state index in [0.717, 1.165) is 38.5 Å². The molecular formula is C46H89O13P. The van der Waals surface area contributed by atoms with Gasteiger partial charge in [0.25, 0.3) is 0 Å². The summed E-state index contributed by atoms with van der Waals surface area (Å²) in [5.74, 6) is -1.08. The van der Waals surface area contributed by atoms with Gasteiger partial charge >= 0.3 is 19.8 Å². The Bertz CT molecular complexity index is 1060. The van der Waals surface area contributed by atoms with Crippen molar-refractivity contribution in [2.45, 2.75) is 268 Å². The van der Waals surface area contributed by atoms with Crippen LogP contribution in [0.1, 0.15) is 226 Å². The molecule has 0 aromatic heterocycles. The number of carbonyl (C=O) groups excluding carboxylic acids is 2. The van der Waals surface area contributed by atoms with Crippen molar-refractivity contribution in [3.63, 3.8) is 0 Å². The number of hydrogen-bond donors (Lipinski definition) is 6. The number of ether oxygens (including phenoxy) is 2. The summed E-state index contributed by atoms with van der Waals surface area (Å²) < 4.78 is 33.6. The number of aliphatic hydroxyl groups excluding tert-OH is 5. The Kier molecular flexibility index (Phi) is 35.3. The van der Waals surface area contributed by atoms with Crippen LogP contribution in [0.4, 0.5) is 0 Å². The van der Waals surface area contributed by atoms with Gasteiger partial charge in [0, 0.05) is 12.8 Å². The molecule has 8 atom stereocenters. The molecule has 0 aliphatic heterocycles. The number of unbranched alkanes of at least 4 members (excludes halogenated alkanes) is 29. The highest BCUT2D eigenvalue weighted by Gasteiger charge is 2.51. The van der Waals surface area contributed by atoms with Gasteiger partial charge in [-0.25, -0.2) is 4.57 Å². The SMILES string of the molecule is CCCCCCCCCCCCCCCCCCCC(=O)O[C@H](COC(=O)CCCCCCCCCCCCCCCC)COP(=O)(O)OC1C(O)C(O)C(O)[C@@H](O)C1O. The van der Waals surface area contributed by atoms with Crippen LogP contribution < -0.4 is 0 Å². The summed E-state index contributed by atoms with van der Waals surface area (Å²) in [6.07, 6.45) is 24.4. The standard InChI is InChI=1S/C46H89O13P/c1-3-5-7-9-11-13-15-17-19-20-21-23-25-27-29-31-33-35-40(48)58-38(37-57-60(54,55)59-46-44(52)42(50)41(49)43(51)45(46)53)36-56-39(47)34-32-30-28-26-24-22-18-16-14-12-10-8-6-4-2/h38,41-46,49-53H,3-37H2,1-2H3,(H,54,55)/t38-,41?,42-,43?,44?,45?,46?/m1/s1. The van der Waals surface area contributed by atoms with Crippen molar-refractivity contribution in [3.8, 4) is 0 Å². The van der Waals surface area contributed by atoms with Gasteiger partial charge in [-0.05, 0) is 12.8 Å². The van der Waals surface area contributed by atoms with Crippen LogP contribution in [0.3, 0.4) is 0 Å². The second-order valence-electron chi connectivity index (χ2n) is 17.3. The molecule has 0 bridgehead atoms. The van der Waals surface area contributed by atoms with E-state index in [-0.39, 0.29) is 12.8 Å². The van der Waals surface area contributed by atoms with Gasteiger partial charge in [-0.3, -0.25) is 18.6 Å². The molecule has 0 spiro atoms. The maximum absolute atomic E-state index is 12.8. The molecule has 0 heterocycles. The van der Waals surface area contributed by atoms with Crippen LogP contribution in [0.5, 0.6) is 0 Å². The lowest BCUT2D eigenvalue weighted by atomic mass is 9.85. The van der Waals surface area contributed by atoms with Gasteiger partial charge in [0.05, 0.1) is 6.61 Å². The zero-order valence-electron chi connectivity index (χ0n) is 37.8. The van der Waals surface area contributed by atoms with Gasteiger partial charge in [0.15, 0.2) is 6.10 Å². The lowest BCUT2D eigenvalue weighted by Crippen LogP contribution is -2.64. The van der Waals surface area contributed by atoms with Crippen LogP contribution in [-0.4, -0.2) is 98.3 Å². The van der Waals surface area contributed by atoms with E-state index in [1.54, 1.807) is 0 Å². The van der Waals surface area contributed by atoms with E-state index >= 15 is 0 Å². The van der Waals surface area contributed by atoms with E-state index in [0.29, 0.717) is 12.8 Å². The van der Waals surface area contributed by atoms with Crippen molar-refractivity contribution >= 4 is 19.8 Å². The van der Waals surface area contributed by atoms with Crippen LogP contribution in [-0.2, 0) is 32.7 Å². The molecule has 1 fully saturated rings. The number of aliphatic hydroxyl groups is 5. The zero-order chi connectivity index (χ0) is 44.3. The molecule has 1 saturated carbocycles. The minimum atomic E-state index is -5.11. The average molecular weight is 881 g/mol. The summed E-state index contributed by atoms with van der Waals surface area (Å²) in [7, 11) is -5.11. The van der Waals surface area contributed by atoms with Crippen molar-refractivity contribution in [1.29, 1.82) is 0 Å². The lowest BCUT2D eigenvalue weighted by molar-refractivity contribution is -0.220. The summed E-state index contributed by atoms with van der Waals surface area (Å²) in [6.45, 7) is 3.33. The van der Waals surface area contributed by atoms with Crippen LogP contribution in [0, 0.1) is 0 Å². The quantitative estimate of drug-likeness (QED) is 0.0192. The highest BCUT2D eigenvalue weighted by Crippen LogP contribution is 2.47. The second-order valence-corrected chi connectivity index (χ2v) is 18.7. The molecule has 1 aliphatic rings. The van der Waals surface area contributed by atoms with Crippen molar-refractivity contribution in [3.05, 3.63) is 0 Å². The minimum absolute atomic E-state index is 0.105. The first kappa shape index (κ1) is 56.9. The van der Waals surface area contributed by atoms with Crippen LogP contribution in [0.25, 0.3) is 0 Å². The van der Waals surface area contributed by atoms with Crippen molar-refractivity contribution in [1.82, 2.24) is 0 Å². The fraction of sp³-hybridized carbons (Fsp3) is 0.957. The van der Waals surface area contributed by atoms with Gasteiger partial charge in [-0.1, -0.05) is 200 Å². The average Bonchev–Trinajstić information content (AvgIpc) is 3.23. The van der Waals surface area contributed by atoms with Crippen LogP contribution in [0.15, 0.2) is 0 Å². The molecule has 13 nitrogen and oxygen atoms in total. The first-order valence-electron chi connectivity index (χ1n) is 24.3. The number of hydrogen-bond acceptors (Lipinski definition) is 12. The molecule has 1 rings (SSSR count). The van der Waals surface area contributed by atoms with Crippen LogP contribution in [0.2, 0.25) is 0 Å². The maximum Gasteiger partial charge on any atom is 0.472 e. The number of esters is 2. The predicted octanol–water partition coefficient (Wildman–Crippen LogP) is 9.67. The molecule has 356 valence electrons. The molecule has 0 aromatic rings. The molecule has 0 aromatic carbocycles. The molecule has 14 heteroatoms. The van der Waals surface area contributed by atoms with E-state index in [4.69, 9.17) is 18.5 Å². The number of rotatable bonds is 41. The van der Waals surface area contributed by atoms with Gasteiger partial charge in [-0.2, -0.15) is 0 Å². The Balaban J connectivity index is 2.41. The van der Waals surface area contributed by atoms with E-state index < -0.39 is 75.7 Å². The third kappa shape index (κ3) is 29.3. The summed E-state index contributed by atoms with van der Waals surface area (Å²) in [5, 5.41) is 50.2. The molecule has 0 radical (unpaired) electrons. The summed E-state index contributed by atoms with van der Waals surface area (Å²) in [6, 6.07) is 0. The predicted molar refractivity (Wildman–Crippen MR) is 235 cm³/mol. The molecule has 60 heavy (non-hydrogen) atoms. The van der Waals surface area contributed by atoms with Crippen molar-refractivity contribution in [2.24, 2.45) is 0 Å². The Morgan fingerprint density at radius 2 is 0.750 bits per heavy atom. The topological polar surface area (TPSA) is 210 Å².